The molecule has 0 aliphatic carbocycles. The van der Waals surface area contributed by atoms with Gasteiger partial charge in [-0.15, -0.1) is 0 Å². The van der Waals surface area contributed by atoms with E-state index in [2.05, 4.69) is 182 Å². The molecule has 2 atom stereocenters. The lowest BCUT2D eigenvalue weighted by atomic mass is 9.87. The van der Waals surface area contributed by atoms with Crippen molar-refractivity contribution >= 4 is 40.3 Å². The summed E-state index contributed by atoms with van der Waals surface area (Å²) < 4.78 is 0. The van der Waals surface area contributed by atoms with Crippen LogP contribution in [0.25, 0.3) is 44.2 Å². The number of aliphatic imine (C=N–C) groups is 2. The molecule has 0 aromatic heterocycles. The zero-order chi connectivity index (χ0) is 38.4. The number of anilines is 1. The fourth-order valence-electron chi connectivity index (χ4n) is 7.91. The summed E-state index contributed by atoms with van der Waals surface area (Å²) in [5.41, 5.74) is 13.0. The smallest absolute Gasteiger partial charge is 0.155 e. The first-order valence-corrected chi connectivity index (χ1v) is 20.7. The number of thioether (sulfide) groups is 1. The predicted octanol–water partition coefficient (Wildman–Crippen LogP) is 14.5. The molecule has 8 aromatic carbocycles. The van der Waals surface area contributed by atoms with Crippen molar-refractivity contribution in [2.24, 2.45) is 9.98 Å². The molecule has 1 heterocycles. The second-order valence-corrected chi connectivity index (χ2v) is 15.5. The summed E-state index contributed by atoms with van der Waals surface area (Å²) in [5, 5.41) is 6.34. The summed E-state index contributed by atoms with van der Waals surface area (Å²) >= 11 is 1.88. The zero-order valence-corrected chi connectivity index (χ0v) is 32.7. The number of fused-ring (bicyclic) bond motifs is 2. The third-order valence-electron chi connectivity index (χ3n) is 10.7. The van der Waals surface area contributed by atoms with Gasteiger partial charge in [-0.2, -0.15) is 0 Å². The molecule has 0 saturated heterocycles. The fraction of sp³-hybridized carbons (Fsp3) is 0.0943. The number of benzene rings is 8. The monoisotopic (exact) mass is 753 g/mol. The Kier molecular flexibility index (Phi) is 10.6. The lowest BCUT2D eigenvalue weighted by Crippen LogP contribution is -2.05. The fourth-order valence-corrected chi connectivity index (χ4v) is 9.06. The van der Waals surface area contributed by atoms with Gasteiger partial charge < -0.3 is 5.32 Å². The molecule has 4 heteroatoms. The molecule has 1 aliphatic heterocycles. The topological polar surface area (TPSA) is 36.8 Å². The van der Waals surface area contributed by atoms with E-state index in [1.165, 1.54) is 65.9 Å². The van der Waals surface area contributed by atoms with Crippen molar-refractivity contribution in [2.75, 3.05) is 5.32 Å². The highest BCUT2D eigenvalue weighted by atomic mass is 32.2. The van der Waals surface area contributed by atoms with Crippen LogP contribution in [-0.4, -0.2) is 12.1 Å². The van der Waals surface area contributed by atoms with Gasteiger partial charge in [-0.3, -0.25) is 4.99 Å². The van der Waals surface area contributed by atoms with E-state index in [0.29, 0.717) is 0 Å². The van der Waals surface area contributed by atoms with Crippen LogP contribution in [0.2, 0.25) is 0 Å². The van der Waals surface area contributed by atoms with E-state index in [4.69, 9.17) is 9.98 Å². The molecule has 1 aliphatic rings. The van der Waals surface area contributed by atoms with Gasteiger partial charge in [-0.05, 0) is 79.4 Å². The van der Waals surface area contributed by atoms with Crippen molar-refractivity contribution < 1.29 is 0 Å². The Hall–Kier alpha value is -6.49. The number of rotatable bonds is 10. The Morgan fingerprint density at radius 2 is 1.18 bits per heavy atom. The first-order chi connectivity index (χ1) is 28.2. The molecular formula is C53H43N3S. The minimum atomic E-state index is -0.0801. The first-order valence-electron chi connectivity index (χ1n) is 19.8. The van der Waals surface area contributed by atoms with Crippen LogP contribution in [-0.2, 0) is 0 Å². The van der Waals surface area contributed by atoms with Gasteiger partial charge in [-0.1, -0.05) is 207 Å². The molecule has 0 saturated carbocycles. The van der Waals surface area contributed by atoms with E-state index in [-0.39, 0.29) is 11.4 Å². The van der Waals surface area contributed by atoms with Crippen molar-refractivity contribution in [1.29, 1.82) is 0 Å². The van der Waals surface area contributed by atoms with Crippen LogP contribution in [0, 0.1) is 0 Å². The van der Waals surface area contributed by atoms with Gasteiger partial charge in [-0.25, -0.2) is 4.99 Å². The van der Waals surface area contributed by atoms with Crippen LogP contribution < -0.4 is 5.32 Å². The predicted molar refractivity (Wildman–Crippen MR) is 244 cm³/mol. The summed E-state index contributed by atoms with van der Waals surface area (Å²) in [6, 6.07) is 69.2. The van der Waals surface area contributed by atoms with Crippen molar-refractivity contribution in [3.8, 4) is 33.4 Å². The third kappa shape index (κ3) is 7.70. The third-order valence-corrected chi connectivity index (χ3v) is 11.9. The van der Waals surface area contributed by atoms with Crippen molar-refractivity contribution in [2.45, 2.75) is 36.1 Å². The van der Waals surface area contributed by atoms with E-state index in [1.54, 1.807) is 0 Å². The van der Waals surface area contributed by atoms with E-state index < -0.39 is 0 Å². The summed E-state index contributed by atoms with van der Waals surface area (Å²) in [7, 11) is 0. The molecule has 57 heavy (non-hydrogen) atoms. The lowest BCUT2D eigenvalue weighted by molar-refractivity contribution is 0.642. The first kappa shape index (κ1) is 36.2. The van der Waals surface area contributed by atoms with Crippen LogP contribution in [0.4, 0.5) is 5.69 Å². The van der Waals surface area contributed by atoms with Crippen molar-refractivity contribution in [3.63, 3.8) is 0 Å². The van der Waals surface area contributed by atoms with Gasteiger partial charge in [0.2, 0.25) is 0 Å². The summed E-state index contributed by atoms with van der Waals surface area (Å²) in [4.78, 5) is 11.7. The molecule has 3 nitrogen and oxygen atoms in total. The molecular weight excluding hydrogens is 711 g/mol. The maximum absolute atomic E-state index is 5.45. The average Bonchev–Trinajstić information content (AvgIpc) is 3.72. The number of para-hydroxylation sites is 1. The van der Waals surface area contributed by atoms with Crippen LogP contribution in [0.5, 0.6) is 0 Å². The van der Waals surface area contributed by atoms with Crippen LogP contribution >= 0.6 is 11.8 Å². The SMILES string of the molecule is CCCC(N=C(N=Cc1ccccc1)c1ccccc1)c1ccccc1-c1cccc2c(-c3ccccc3-c3ccc(C4Nc5ccccc5S4)cc3)cccc12. The summed E-state index contributed by atoms with van der Waals surface area (Å²) in [6.45, 7) is 2.24. The summed E-state index contributed by atoms with van der Waals surface area (Å²) in [6.07, 6.45) is 3.82. The van der Waals surface area contributed by atoms with E-state index in [0.717, 1.165) is 29.8 Å². The highest BCUT2D eigenvalue weighted by Gasteiger charge is 2.23. The van der Waals surface area contributed by atoms with E-state index >= 15 is 0 Å². The van der Waals surface area contributed by atoms with Gasteiger partial charge in [0.15, 0.2) is 5.84 Å². The minimum absolute atomic E-state index is 0.0801. The molecule has 0 amide bonds. The molecule has 0 spiro atoms. The average molecular weight is 754 g/mol. The van der Waals surface area contributed by atoms with Gasteiger partial charge in [0.1, 0.15) is 5.37 Å². The largest absolute Gasteiger partial charge is 0.368 e. The molecule has 8 aromatic rings. The van der Waals surface area contributed by atoms with Crippen molar-refractivity contribution in [1.82, 2.24) is 0 Å². The Bertz CT molecular complexity index is 2680. The van der Waals surface area contributed by atoms with Crippen LogP contribution in [0.1, 0.15) is 53.4 Å². The number of nitrogens with zero attached hydrogens (tertiary/aromatic N) is 2. The summed E-state index contributed by atoms with van der Waals surface area (Å²) in [5.74, 6) is 0.737. The minimum Gasteiger partial charge on any atom is -0.368 e. The van der Waals surface area contributed by atoms with Crippen molar-refractivity contribution in [3.05, 3.63) is 216 Å². The number of nitrogens with one attached hydrogen (secondary N) is 1. The molecule has 276 valence electrons. The van der Waals surface area contributed by atoms with E-state index in [9.17, 15) is 0 Å². The number of hydrogen-bond acceptors (Lipinski definition) is 3. The normalized spacial score (nSPS) is 14.4. The highest BCUT2D eigenvalue weighted by Crippen LogP contribution is 2.47. The maximum atomic E-state index is 5.45. The van der Waals surface area contributed by atoms with Crippen LogP contribution in [0.3, 0.4) is 0 Å². The van der Waals surface area contributed by atoms with Gasteiger partial charge in [0.05, 0.1) is 6.04 Å². The standard InChI is InChI=1S/C53H43N3S/c1-2-17-49(55-52(39-20-7-4-8-21-39)54-36-37-18-5-3-6-19-37)48-25-12-11-24-47(48)46-29-16-27-44-43(26-15-28-45(44)46)42-23-10-9-22-41(42)38-32-34-40(35-33-38)53-56-50-30-13-14-31-51(50)57-53/h3-16,18-36,49,53,56H,2,17H2,1H3. The Morgan fingerprint density at radius 3 is 1.89 bits per heavy atom. The molecule has 2 unspecified atom stereocenters. The molecule has 0 fully saturated rings. The molecule has 0 bridgehead atoms. The quantitative estimate of drug-likeness (QED) is 0.112. The second-order valence-electron chi connectivity index (χ2n) is 14.4. The maximum Gasteiger partial charge on any atom is 0.155 e. The number of amidine groups is 1. The second kappa shape index (κ2) is 16.7. The molecule has 0 radical (unpaired) electrons. The Labute approximate surface area is 339 Å². The van der Waals surface area contributed by atoms with E-state index in [1.807, 2.05) is 42.2 Å². The van der Waals surface area contributed by atoms with Gasteiger partial charge in [0, 0.05) is 22.4 Å². The van der Waals surface area contributed by atoms with Crippen LogP contribution in [0.15, 0.2) is 209 Å². The van der Waals surface area contributed by atoms with Gasteiger partial charge >= 0.3 is 0 Å². The lowest BCUT2D eigenvalue weighted by Gasteiger charge is -2.20. The number of hydrogen-bond donors (Lipinski definition) is 1. The molecule has 1 N–H and O–H groups in total. The highest BCUT2D eigenvalue weighted by molar-refractivity contribution is 8.00. The van der Waals surface area contributed by atoms with Gasteiger partial charge in [0.25, 0.3) is 0 Å². The Balaban J connectivity index is 1.09. The molecule has 9 rings (SSSR count). The Morgan fingerprint density at radius 1 is 0.579 bits per heavy atom. The zero-order valence-electron chi connectivity index (χ0n) is 31.9.